The molecule has 1 fully saturated rings. The summed E-state index contributed by atoms with van der Waals surface area (Å²) in [7, 11) is 4.15. The van der Waals surface area contributed by atoms with Crippen molar-refractivity contribution in [3.05, 3.63) is 59.5 Å². The third-order valence-electron chi connectivity index (χ3n) is 6.80. The molecule has 4 heterocycles. The number of imidazole rings is 1. The molecule has 1 aliphatic heterocycles. The van der Waals surface area contributed by atoms with Crippen LogP contribution < -0.4 is 5.32 Å². The zero-order chi connectivity index (χ0) is 25.4. The van der Waals surface area contributed by atoms with Gasteiger partial charge >= 0.3 is 11.8 Å². The second-order valence-electron chi connectivity index (χ2n) is 10.2. The number of nitrogens with zero attached hydrogens (tertiary/aromatic N) is 5. The first-order valence-corrected chi connectivity index (χ1v) is 13.2. The minimum absolute atomic E-state index is 0.150. The van der Waals surface area contributed by atoms with Crippen LogP contribution in [0.5, 0.6) is 0 Å². The smallest absolute Gasteiger partial charge is 0.313 e. The van der Waals surface area contributed by atoms with Crippen molar-refractivity contribution in [1.82, 2.24) is 24.2 Å². The number of anilines is 1. The molecule has 188 valence electrons. The number of likely N-dealkylation sites (tertiary alicyclic amines) is 1. The van der Waals surface area contributed by atoms with Gasteiger partial charge in [-0.15, -0.1) is 11.3 Å². The Bertz CT molecular complexity index is 1410. The van der Waals surface area contributed by atoms with Crippen molar-refractivity contribution in [2.24, 2.45) is 5.92 Å². The van der Waals surface area contributed by atoms with E-state index in [1.807, 2.05) is 16.8 Å². The van der Waals surface area contributed by atoms with Crippen LogP contribution in [0, 0.1) is 5.92 Å². The Labute approximate surface area is 214 Å². The van der Waals surface area contributed by atoms with E-state index in [0.29, 0.717) is 29.7 Å². The predicted molar refractivity (Wildman–Crippen MR) is 143 cm³/mol. The fraction of sp³-hybridized carbons (Fsp3) is 0.407. The largest absolute Gasteiger partial charge is 0.327 e. The summed E-state index contributed by atoms with van der Waals surface area (Å²) in [4.78, 5) is 39.5. The van der Waals surface area contributed by atoms with Gasteiger partial charge in [-0.1, -0.05) is 19.9 Å². The van der Waals surface area contributed by atoms with E-state index in [4.69, 9.17) is 4.98 Å². The summed E-state index contributed by atoms with van der Waals surface area (Å²) < 4.78 is 3.00. The molecule has 0 saturated carbocycles. The Morgan fingerprint density at radius 3 is 2.83 bits per heavy atom. The van der Waals surface area contributed by atoms with Gasteiger partial charge in [-0.25, -0.2) is 9.97 Å². The molecule has 0 bridgehead atoms. The topological polar surface area (TPSA) is 82.8 Å². The molecule has 1 unspecified atom stereocenters. The lowest BCUT2D eigenvalue weighted by molar-refractivity contribution is -0.146. The molecule has 1 aliphatic rings. The zero-order valence-electron chi connectivity index (χ0n) is 21.1. The number of amides is 2. The van der Waals surface area contributed by atoms with Gasteiger partial charge in [-0.3, -0.25) is 9.59 Å². The Hall–Kier alpha value is -3.30. The van der Waals surface area contributed by atoms with Gasteiger partial charge in [0, 0.05) is 49.4 Å². The lowest BCUT2D eigenvalue weighted by atomic mass is 9.89. The quantitative estimate of drug-likeness (QED) is 0.403. The number of fused-ring (bicyclic) bond motifs is 2. The normalized spacial score (nSPS) is 19.2. The van der Waals surface area contributed by atoms with Gasteiger partial charge in [0.25, 0.3) is 0 Å². The Kier molecular flexibility index (Phi) is 6.77. The van der Waals surface area contributed by atoms with E-state index < -0.39 is 11.8 Å². The third kappa shape index (κ3) is 4.99. The van der Waals surface area contributed by atoms with Crippen molar-refractivity contribution >= 4 is 44.7 Å². The van der Waals surface area contributed by atoms with Crippen molar-refractivity contribution in [3.8, 4) is 0 Å². The SMILES string of the molecule is CC(CN(C)C)c1nc2cc([C@H]3CC[C@H](C)CN3C(=O)C(=O)Nc3ccn4ccnc4c3)ccc2s1. The molecule has 1 saturated heterocycles. The summed E-state index contributed by atoms with van der Waals surface area (Å²) in [6, 6.07) is 9.67. The van der Waals surface area contributed by atoms with E-state index in [-0.39, 0.29) is 6.04 Å². The highest BCUT2D eigenvalue weighted by Gasteiger charge is 2.34. The van der Waals surface area contributed by atoms with Crippen LogP contribution in [0.4, 0.5) is 5.69 Å². The van der Waals surface area contributed by atoms with Crippen LogP contribution in [0.15, 0.2) is 48.9 Å². The fourth-order valence-corrected chi connectivity index (χ4v) is 6.02. The monoisotopic (exact) mass is 504 g/mol. The van der Waals surface area contributed by atoms with Crippen molar-refractivity contribution < 1.29 is 9.59 Å². The van der Waals surface area contributed by atoms with Crippen LogP contribution in [0.25, 0.3) is 15.9 Å². The van der Waals surface area contributed by atoms with Crippen LogP contribution in [0.1, 0.15) is 49.2 Å². The van der Waals surface area contributed by atoms with E-state index in [2.05, 4.69) is 61.3 Å². The minimum atomic E-state index is -0.625. The van der Waals surface area contributed by atoms with E-state index in [0.717, 1.165) is 40.2 Å². The van der Waals surface area contributed by atoms with Crippen LogP contribution >= 0.6 is 11.3 Å². The first kappa shape index (κ1) is 24.4. The van der Waals surface area contributed by atoms with Gasteiger partial charge in [0.1, 0.15) is 5.65 Å². The first-order valence-electron chi connectivity index (χ1n) is 12.4. The molecule has 0 aliphatic carbocycles. The number of thiazole rings is 1. The van der Waals surface area contributed by atoms with Gasteiger partial charge in [0.05, 0.1) is 21.3 Å². The van der Waals surface area contributed by atoms with Gasteiger partial charge < -0.3 is 19.5 Å². The van der Waals surface area contributed by atoms with E-state index in [9.17, 15) is 9.59 Å². The zero-order valence-corrected chi connectivity index (χ0v) is 22.0. The molecule has 4 aromatic rings. The van der Waals surface area contributed by atoms with Gasteiger partial charge in [-0.05, 0) is 56.6 Å². The summed E-state index contributed by atoms with van der Waals surface area (Å²) in [5, 5.41) is 3.89. The summed E-state index contributed by atoms with van der Waals surface area (Å²) in [5.74, 6) is -0.451. The highest BCUT2D eigenvalue weighted by atomic mass is 32.1. The molecule has 3 atom stereocenters. The fourth-order valence-electron chi connectivity index (χ4n) is 5.03. The second kappa shape index (κ2) is 9.99. The average molecular weight is 505 g/mol. The maximum absolute atomic E-state index is 13.4. The molecule has 1 aromatic carbocycles. The highest BCUT2D eigenvalue weighted by molar-refractivity contribution is 7.18. The van der Waals surface area contributed by atoms with Crippen molar-refractivity contribution in [3.63, 3.8) is 0 Å². The number of hydrogen-bond acceptors (Lipinski definition) is 6. The molecule has 0 spiro atoms. The van der Waals surface area contributed by atoms with E-state index in [1.54, 1.807) is 34.6 Å². The number of piperidine rings is 1. The van der Waals surface area contributed by atoms with E-state index >= 15 is 0 Å². The number of pyridine rings is 1. The van der Waals surface area contributed by atoms with Crippen molar-refractivity contribution in [2.75, 3.05) is 32.5 Å². The average Bonchev–Trinajstić information content (AvgIpc) is 3.49. The maximum Gasteiger partial charge on any atom is 0.313 e. The molecular weight excluding hydrogens is 472 g/mol. The van der Waals surface area contributed by atoms with Gasteiger partial charge in [0.15, 0.2) is 0 Å². The Morgan fingerprint density at radius 1 is 1.19 bits per heavy atom. The van der Waals surface area contributed by atoms with Crippen LogP contribution in [0.3, 0.4) is 0 Å². The Balaban J connectivity index is 1.37. The van der Waals surface area contributed by atoms with Crippen molar-refractivity contribution in [1.29, 1.82) is 0 Å². The standard InChI is InChI=1S/C27H32N6O2S/c1-17-5-7-22(19-6-8-23-21(13-19)30-26(36-23)18(2)16-31(3)4)33(15-17)27(35)25(34)29-20-9-11-32-12-10-28-24(32)14-20/h6,8-14,17-18,22H,5,7,15-16H2,1-4H3,(H,29,34)/t17-,18?,22+/m0/s1. The molecule has 36 heavy (non-hydrogen) atoms. The number of carbonyl (C=O) groups is 2. The molecule has 0 radical (unpaired) electrons. The molecule has 8 nitrogen and oxygen atoms in total. The molecular formula is C27H32N6O2S. The van der Waals surface area contributed by atoms with Crippen LogP contribution in [-0.2, 0) is 9.59 Å². The number of hydrogen-bond donors (Lipinski definition) is 1. The molecule has 5 rings (SSSR count). The summed E-state index contributed by atoms with van der Waals surface area (Å²) >= 11 is 1.73. The summed E-state index contributed by atoms with van der Waals surface area (Å²) in [5.41, 5.74) is 3.26. The second-order valence-corrected chi connectivity index (χ2v) is 11.2. The molecule has 2 amide bonds. The molecule has 3 aromatic heterocycles. The number of rotatable bonds is 5. The maximum atomic E-state index is 13.4. The molecule has 9 heteroatoms. The van der Waals surface area contributed by atoms with E-state index in [1.165, 1.54) is 0 Å². The highest BCUT2D eigenvalue weighted by Crippen LogP contribution is 2.36. The summed E-state index contributed by atoms with van der Waals surface area (Å²) in [6.45, 7) is 5.82. The number of likely N-dealkylation sites (N-methyl/N-ethyl adjacent to an activating group) is 1. The predicted octanol–water partition coefficient (Wildman–Crippen LogP) is 4.55. The lowest BCUT2D eigenvalue weighted by Crippen LogP contribution is -2.46. The number of aromatic nitrogens is 3. The van der Waals surface area contributed by atoms with Crippen LogP contribution in [0.2, 0.25) is 0 Å². The van der Waals surface area contributed by atoms with Crippen molar-refractivity contribution in [2.45, 2.75) is 38.6 Å². The Morgan fingerprint density at radius 2 is 2.03 bits per heavy atom. The first-order chi connectivity index (χ1) is 17.3. The number of carbonyl (C=O) groups excluding carboxylic acids is 2. The molecule has 1 N–H and O–H groups in total. The summed E-state index contributed by atoms with van der Waals surface area (Å²) in [6.07, 6.45) is 7.16. The third-order valence-corrected chi connectivity index (χ3v) is 8.07. The van der Waals surface area contributed by atoms with Gasteiger partial charge in [0.2, 0.25) is 0 Å². The number of benzene rings is 1. The minimum Gasteiger partial charge on any atom is -0.327 e. The van der Waals surface area contributed by atoms with Gasteiger partial charge in [-0.2, -0.15) is 0 Å². The van der Waals surface area contributed by atoms with Crippen LogP contribution in [-0.4, -0.2) is 63.2 Å². The lowest BCUT2D eigenvalue weighted by Gasteiger charge is -2.38. The number of nitrogens with one attached hydrogen (secondary N) is 1.